The Bertz CT molecular complexity index is 1260. The molecule has 0 radical (unpaired) electrons. The van der Waals surface area contributed by atoms with Gasteiger partial charge in [-0.25, -0.2) is 14.8 Å². The topological polar surface area (TPSA) is 86.1 Å². The number of halogens is 1. The Labute approximate surface area is 179 Å². The molecule has 3 aromatic rings. The number of ether oxygens (including phenoxy) is 1. The van der Waals surface area contributed by atoms with Gasteiger partial charge in [0.15, 0.2) is 5.69 Å². The predicted octanol–water partition coefficient (Wildman–Crippen LogP) is 3.79. The number of anilines is 1. The number of aryl methyl sites for hydroxylation is 1. The van der Waals surface area contributed by atoms with Crippen molar-refractivity contribution in [3.8, 4) is 0 Å². The number of esters is 1. The smallest absolute Gasteiger partial charge is 0.358 e. The Morgan fingerprint density at radius 3 is 2.65 bits per heavy atom. The maximum atomic E-state index is 13.6. The highest BCUT2D eigenvalue weighted by Gasteiger charge is 2.43. The maximum absolute atomic E-state index is 13.6. The van der Waals surface area contributed by atoms with Crippen LogP contribution < -0.4 is 10.9 Å². The molecule has 1 atom stereocenters. The molecule has 0 amide bonds. The third kappa shape index (κ3) is 3.66. The average Bonchev–Trinajstić information content (AvgIpc) is 3.49. The zero-order valence-corrected chi connectivity index (χ0v) is 18.2. The number of methoxy groups -OCH3 is 1. The van der Waals surface area contributed by atoms with Gasteiger partial charge in [0.25, 0.3) is 5.56 Å². The second-order valence-electron chi connectivity index (χ2n) is 8.50. The molecule has 2 heterocycles. The van der Waals surface area contributed by atoms with Crippen molar-refractivity contribution in [3.05, 3.63) is 63.2 Å². The lowest BCUT2D eigenvalue weighted by Crippen LogP contribution is -2.27. The summed E-state index contributed by atoms with van der Waals surface area (Å²) in [7, 11) is 2.99. The normalized spacial score (nSPS) is 15.5. The van der Waals surface area contributed by atoms with Gasteiger partial charge in [0.2, 0.25) is 5.95 Å². The average molecular weight is 424 g/mol. The molecule has 0 spiro atoms. The Morgan fingerprint density at radius 2 is 2.00 bits per heavy atom. The van der Waals surface area contributed by atoms with Crippen LogP contribution in [0.2, 0.25) is 0 Å². The standard InChI is InChI=1S/C23H25FN4O3/c1-12-10-14(13(2)25-16-6-7-17(24)26-19(16)21(30)31-5)18-15(11-12)20(29)28(4)22(27-18)23(3)8-9-23/h6-7,10-11,13,25H,8-9H2,1-5H3/t13-/m1/s1. The van der Waals surface area contributed by atoms with E-state index in [9.17, 15) is 14.0 Å². The van der Waals surface area contributed by atoms with E-state index in [1.807, 2.05) is 26.0 Å². The fourth-order valence-corrected chi connectivity index (χ4v) is 3.95. The monoisotopic (exact) mass is 424 g/mol. The van der Waals surface area contributed by atoms with Gasteiger partial charge < -0.3 is 10.1 Å². The van der Waals surface area contributed by atoms with E-state index in [1.165, 1.54) is 19.2 Å². The van der Waals surface area contributed by atoms with Gasteiger partial charge >= 0.3 is 5.97 Å². The van der Waals surface area contributed by atoms with Gasteiger partial charge in [-0.15, -0.1) is 0 Å². The molecular formula is C23H25FN4O3. The molecule has 0 bridgehead atoms. The Morgan fingerprint density at radius 1 is 1.29 bits per heavy atom. The molecule has 162 valence electrons. The Balaban J connectivity index is 1.84. The predicted molar refractivity (Wildman–Crippen MR) is 116 cm³/mol. The number of pyridine rings is 1. The second-order valence-corrected chi connectivity index (χ2v) is 8.50. The Kier molecular flexibility index (Phi) is 5.03. The number of aromatic nitrogens is 3. The van der Waals surface area contributed by atoms with E-state index in [-0.39, 0.29) is 22.7 Å². The highest BCUT2D eigenvalue weighted by atomic mass is 19.1. The maximum Gasteiger partial charge on any atom is 0.358 e. The molecule has 1 aliphatic rings. The summed E-state index contributed by atoms with van der Waals surface area (Å²) in [6.45, 7) is 5.93. The zero-order chi connectivity index (χ0) is 22.5. The van der Waals surface area contributed by atoms with Crippen LogP contribution in [0.15, 0.2) is 29.1 Å². The largest absolute Gasteiger partial charge is 0.464 e. The van der Waals surface area contributed by atoms with E-state index >= 15 is 0 Å². The van der Waals surface area contributed by atoms with Crippen LogP contribution in [-0.2, 0) is 17.2 Å². The third-order valence-corrected chi connectivity index (χ3v) is 5.97. The molecule has 1 aliphatic carbocycles. The number of carbonyl (C=O) groups excluding carboxylic acids is 1. The first-order valence-electron chi connectivity index (χ1n) is 10.2. The molecule has 0 aliphatic heterocycles. The molecule has 0 saturated heterocycles. The fourth-order valence-electron chi connectivity index (χ4n) is 3.95. The molecular weight excluding hydrogens is 399 g/mol. The highest BCUT2D eigenvalue weighted by Crippen LogP contribution is 2.46. The lowest BCUT2D eigenvalue weighted by atomic mass is 10.00. The lowest BCUT2D eigenvalue weighted by Gasteiger charge is -2.21. The molecule has 0 unspecified atom stereocenters. The lowest BCUT2D eigenvalue weighted by molar-refractivity contribution is 0.0594. The van der Waals surface area contributed by atoms with Crippen LogP contribution >= 0.6 is 0 Å². The first-order chi connectivity index (χ1) is 14.6. The van der Waals surface area contributed by atoms with Crippen molar-refractivity contribution >= 4 is 22.6 Å². The summed E-state index contributed by atoms with van der Waals surface area (Å²) < 4.78 is 20.0. The SMILES string of the molecule is COC(=O)c1nc(F)ccc1N[C@H](C)c1cc(C)cc2c(=O)n(C)c(C3(C)CC3)nc12. The zero-order valence-electron chi connectivity index (χ0n) is 18.2. The molecule has 2 aromatic heterocycles. The van der Waals surface area contributed by atoms with Gasteiger partial charge in [0, 0.05) is 18.0 Å². The van der Waals surface area contributed by atoms with Crippen LogP contribution in [0.25, 0.3) is 10.9 Å². The highest BCUT2D eigenvalue weighted by molar-refractivity contribution is 5.93. The minimum Gasteiger partial charge on any atom is -0.464 e. The summed E-state index contributed by atoms with van der Waals surface area (Å²) in [4.78, 5) is 33.8. The van der Waals surface area contributed by atoms with Crippen molar-refractivity contribution in [1.29, 1.82) is 0 Å². The number of hydrogen-bond donors (Lipinski definition) is 1. The number of nitrogens with zero attached hydrogens (tertiary/aromatic N) is 3. The molecule has 1 aromatic carbocycles. The van der Waals surface area contributed by atoms with E-state index in [2.05, 4.69) is 17.2 Å². The minimum atomic E-state index is -0.771. The molecule has 1 N–H and O–H groups in total. The quantitative estimate of drug-likeness (QED) is 0.495. The molecule has 8 heteroatoms. The van der Waals surface area contributed by atoms with E-state index in [0.717, 1.165) is 29.8 Å². The number of carbonyl (C=O) groups is 1. The van der Waals surface area contributed by atoms with E-state index in [1.54, 1.807) is 11.6 Å². The van der Waals surface area contributed by atoms with Gasteiger partial charge in [-0.05, 0) is 50.5 Å². The summed E-state index contributed by atoms with van der Waals surface area (Å²) in [6, 6.07) is 6.11. The Hall–Kier alpha value is -3.29. The minimum absolute atomic E-state index is 0.0797. The first-order valence-corrected chi connectivity index (χ1v) is 10.2. The summed E-state index contributed by atoms with van der Waals surface area (Å²) in [5.41, 5.74) is 2.41. The van der Waals surface area contributed by atoms with Gasteiger partial charge in [-0.2, -0.15) is 4.39 Å². The summed E-state index contributed by atoms with van der Waals surface area (Å²) >= 11 is 0. The van der Waals surface area contributed by atoms with Crippen LogP contribution in [0.5, 0.6) is 0 Å². The van der Waals surface area contributed by atoms with Gasteiger partial charge in [-0.3, -0.25) is 9.36 Å². The van der Waals surface area contributed by atoms with Crippen LogP contribution in [-0.4, -0.2) is 27.6 Å². The number of nitrogens with one attached hydrogen (secondary N) is 1. The van der Waals surface area contributed by atoms with Crippen LogP contribution in [0.1, 0.15) is 60.2 Å². The molecule has 7 nitrogen and oxygen atoms in total. The van der Waals surface area contributed by atoms with Gasteiger partial charge in [-0.1, -0.05) is 13.0 Å². The first kappa shape index (κ1) is 21.0. The molecule has 4 rings (SSSR count). The molecule has 1 saturated carbocycles. The van der Waals surface area contributed by atoms with Gasteiger partial charge in [0.05, 0.1) is 29.7 Å². The van der Waals surface area contributed by atoms with Gasteiger partial charge in [0.1, 0.15) is 5.82 Å². The molecule has 31 heavy (non-hydrogen) atoms. The van der Waals surface area contributed by atoms with Crippen LogP contribution in [0.4, 0.5) is 10.1 Å². The third-order valence-electron chi connectivity index (χ3n) is 5.97. The van der Waals surface area contributed by atoms with Crippen LogP contribution in [0.3, 0.4) is 0 Å². The van der Waals surface area contributed by atoms with Crippen molar-refractivity contribution in [2.75, 3.05) is 12.4 Å². The van der Waals surface area contributed by atoms with Crippen molar-refractivity contribution in [1.82, 2.24) is 14.5 Å². The van der Waals surface area contributed by atoms with E-state index < -0.39 is 11.9 Å². The second kappa shape index (κ2) is 7.44. The number of fused-ring (bicyclic) bond motifs is 1. The van der Waals surface area contributed by atoms with E-state index in [4.69, 9.17) is 9.72 Å². The summed E-state index contributed by atoms with van der Waals surface area (Å²) in [5.74, 6) is -0.729. The van der Waals surface area contributed by atoms with Crippen molar-refractivity contribution in [2.45, 2.75) is 45.1 Å². The van der Waals surface area contributed by atoms with E-state index in [0.29, 0.717) is 16.6 Å². The van der Waals surface area contributed by atoms with Crippen molar-refractivity contribution in [2.24, 2.45) is 7.05 Å². The van der Waals surface area contributed by atoms with Crippen molar-refractivity contribution in [3.63, 3.8) is 0 Å². The van der Waals surface area contributed by atoms with Crippen molar-refractivity contribution < 1.29 is 13.9 Å². The molecule has 1 fully saturated rings. The summed E-state index contributed by atoms with van der Waals surface area (Å²) in [6.07, 6.45) is 2.00. The number of hydrogen-bond acceptors (Lipinski definition) is 6. The van der Waals surface area contributed by atoms with Crippen LogP contribution in [0, 0.1) is 12.9 Å². The number of benzene rings is 1. The number of rotatable bonds is 5. The summed E-state index contributed by atoms with van der Waals surface area (Å²) in [5, 5.41) is 3.76. The fraction of sp³-hybridized carbons (Fsp3) is 0.391.